The third kappa shape index (κ3) is 6.60. The second kappa shape index (κ2) is 7.50. The first-order valence-electron chi connectivity index (χ1n) is 4.88. The summed E-state index contributed by atoms with van der Waals surface area (Å²) in [5.41, 5.74) is 0. The van der Waals surface area contributed by atoms with E-state index in [1.165, 1.54) is 6.92 Å². The predicted octanol–water partition coefficient (Wildman–Crippen LogP) is 1.48. The molecule has 82 valence electrons. The molecule has 14 heavy (non-hydrogen) atoms. The zero-order valence-corrected chi connectivity index (χ0v) is 8.78. The summed E-state index contributed by atoms with van der Waals surface area (Å²) in [6.45, 7) is 4.13. The molecule has 0 aliphatic heterocycles. The van der Waals surface area contributed by atoms with Crippen LogP contribution in [0.4, 0.5) is 0 Å². The molecule has 0 aliphatic carbocycles. The number of carbonyl (C=O) groups excluding carboxylic acids is 1. The Balaban J connectivity index is 3.74. The van der Waals surface area contributed by atoms with E-state index >= 15 is 0 Å². The summed E-state index contributed by atoms with van der Waals surface area (Å²) in [6, 6.07) is 0. The van der Waals surface area contributed by atoms with Crippen LogP contribution in [0.25, 0.3) is 0 Å². The van der Waals surface area contributed by atoms with Crippen LogP contribution in [0.1, 0.15) is 33.1 Å². The third-order valence-corrected chi connectivity index (χ3v) is 1.84. The van der Waals surface area contributed by atoms with Gasteiger partial charge in [0.2, 0.25) is 0 Å². The Morgan fingerprint density at radius 2 is 2.07 bits per heavy atom. The third-order valence-electron chi connectivity index (χ3n) is 1.84. The standard InChI is InChI=1S/C10H18O4/c1-3-4-5-14-7-9(10(12)13)6-8(2)11/h9H,3-7H2,1-2H3,(H,12,13). The van der Waals surface area contributed by atoms with Gasteiger partial charge in [0.1, 0.15) is 5.78 Å². The quantitative estimate of drug-likeness (QED) is 0.605. The van der Waals surface area contributed by atoms with E-state index in [1.807, 2.05) is 6.92 Å². The van der Waals surface area contributed by atoms with E-state index in [4.69, 9.17) is 9.84 Å². The molecule has 1 unspecified atom stereocenters. The molecule has 0 saturated carbocycles. The normalized spacial score (nSPS) is 12.4. The zero-order valence-electron chi connectivity index (χ0n) is 8.78. The fourth-order valence-corrected chi connectivity index (χ4v) is 1.04. The molecule has 0 saturated heterocycles. The predicted molar refractivity (Wildman–Crippen MR) is 52.2 cm³/mol. The molecule has 0 aromatic carbocycles. The van der Waals surface area contributed by atoms with Gasteiger partial charge < -0.3 is 14.6 Å². The van der Waals surface area contributed by atoms with E-state index in [2.05, 4.69) is 0 Å². The highest BCUT2D eigenvalue weighted by Gasteiger charge is 2.19. The maximum Gasteiger partial charge on any atom is 0.309 e. The van der Waals surface area contributed by atoms with Gasteiger partial charge in [0, 0.05) is 13.0 Å². The summed E-state index contributed by atoms with van der Waals surface area (Å²) in [5, 5.41) is 8.75. The number of unbranched alkanes of at least 4 members (excludes halogenated alkanes) is 1. The van der Waals surface area contributed by atoms with Crippen molar-refractivity contribution >= 4 is 11.8 Å². The first-order valence-corrected chi connectivity index (χ1v) is 4.88. The molecular weight excluding hydrogens is 184 g/mol. The van der Waals surface area contributed by atoms with Crippen LogP contribution >= 0.6 is 0 Å². The van der Waals surface area contributed by atoms with Crippen molar-refractivity contribution in [2.24, 2.45) is 5.92 Å². The number of aliphatic carboxylic acids is 1. The minimum absolute atomic E-state index is 0.0570. The molecule has 0 bridgehead atoms. The molecule has 0 spiro atoms. The molecule has 0 amide bonds. The molecule has 0 radical (unpaired) electrons. The number of carboxylic acids is 1. The summed E-state index contributed by atoms with van der Waals surface area (Å²) in [7, 11) is 0. The van der Waals surface area contributed by atoms with Crippen LogP contribution < -0.4 is 0 Å². The summed E-state index contributed by atoms with van der Waals surface area (Å²) >= 11 is 0. The molecule has 1 atom stereocenters. The molecule has 4 heteroatoms. The van der Waals surface area contributed by atoms with Crippen LogP contribution in [-0.2, 0) is 14.3 Å². The van der Waals surface area contributed by atoms with Crippen LogP contribution in [0.5, 0.6) is 0 Å². The second-order valence-electron chi connectivity index (χ2n) is 3.37. The highest BCUT2D eigenvalue weighted by molar-refractivity contribution is 5.82. The highest BCUT2D eigenvalue weighted by atomic mass is 16.5. The van der Waals surface area contributed by atoms with Crippen LogP contribution in [0.2, 0.25) is 0 Å². The smallest absolute Gasteiger partial charge is 0.309 e. The number of carboxylic acid groups (broad SMARTS) is 1. The summed E-state index contributed by atoms with van der Waals surface area (Å²) in [5.74, 6) is -1.77. The van der Waals surface area contributed by atoms with Gasteiger partial charge in [-0.15, -0.1) is 0 Å². The van der Waals surface area contributed by atoms with Gasteiger partial charge in [-0.3, -0.25) is 4.79 Å². The molecule has 4 nitrogen and oxygen atoms in total. The molecule has 0 aliphatic rings. The first kappa shape index (κ1) is 13.1. The maximum absolute atomic E-state index is 10.7. The van der Waals surface area contributed by atoms with E-state index in [0.717, 1.165) is 12.8 Å². The van der Waals surface area contributed by atoms with Crippen molar-refractivity contribution in [3.8, 4) is 0 Å². The Bertz CT molecular complexity index is 189. The van der Waals surface area contributed by atoms with Crippen molar-refractivity contribution in [3.63, 3.8) is 0 Å². The minimum atomic E-state index is -0.961. The maximum atomic E-state index is 10.7. The van der Waals surface area contributed by atoms with E-state index in [9.17, 15) is 9.59 Å². The Kier molecular flexibility index (Phi) is 7.02. The van der Waals surface area contributed by atoms with Gasteiger partial charge >= 0.3 is 5.97 Å². The number of ketones is 1. The lowest BCUT2D eigenvalue weighted by Gasteiger charge is -2.10. The van der Waals surface area contributed by atoms with Crippen LogP contribution in [-0.4, -0.2) is 30.1 Å². The van der Waals surface area contributed by atoms with Crippen molar-refractivity contribution in [1.29, 1.82) is 0 Å². The largest absolute Gasteiger partial charge is 0.481 e. The lowest BCUT2D eigenvalue weighted by molar-refractivity contribution is -0.145. The van der Waals surface area contributed by atoms with E-state index in [1.54, 1.807) is 0 Å². The topological polar surface area (TPSA) is 63.6 Å². The van der Waals surface area contributed by atoms with Gasteiger partial charge in [-0.1, -0.05) is 13.3 Å². The van der Waals surface area contributed by atoms with Gasteiger partial charge in [-0.2, -0.15) is 0 Å². The average Bonchev–Trinajstić information content (AvgIpc) is 2.09. The van der Waals surface area contributed by atoms with E-state index < -0.39 is 11.9 Å². The number of Topliss-reactive ketones (excluding diaryl/α,β-unsaturated/α-hetero) is 1. The Morgan fingerprint density at radius 3 is 2.50 bits per heavy atom. The van der Waals surface area contributed by atoms with Crippen molar-refractivity contribution in [3.05, 3.63) is 0 Å². The van der Waals surface area contributed by atoms with E-state index in [-0.39, 0.29) is 18.8 Å². The van der Waals surface area contributed by atoms with Gasteiger partial charge in [0.15, 0.2) is 0 Å². The average molecular weight is 202 g/mol. The number of ether oxygens (including phenoxy) is 1. The van der Waals surface area contributed by atoms with Crippen LogP contribution in [0.15, 0.2) is 0 Å². The van der Waals surface area contributed by atoms with Crippen molar-refractivity contribution in [1.82, 2.24) is 0 Å². The van der Waals surface area contributed by atoms with Crippen molar-refractivity contribution < 1.29 is 19.4 Å². The molecule has 0 fully saturated rings. The van der Waals surface area contributed by atoms with E-state index in [0.29, 0.717) is 6.61 Å². The second-order valence-corrected chi connectivity index (χ2v) is 3.37. The molecule has 1 N–H and O–H groups in total. The first-order chi connectivity index (χ1) is 6.57. The van der Waals surface area contributed by atoms with Crippen molar-refractivity contribution in [2.75, 3.05) is 13.2 Å². The Hall–Kier alpha value is -0.900. The Morgan fingerprint density at radius 1 is 1.43 bits per heavy atom. The zero-order chi connectivity index (χ0) is 11.0. The molecule has 0 rings (SSSR count). The Labute approximate surface area is 84.3 Å². The van der Waals surface area contributed by atoms with Gasteiger partial charge in [0.05, 0.1) is 12.5 Å². The summed E-state index contributed by atoms with van der Waals surface area (Å²) < 4.78 is 5.17. The summed E-state index contributed by atoms with van der Waals surface area (Å²) in [6.07, 6.45) is 2.00. The monoisotopic (exact) mass is 202 g/mol. The lowest BCUT2D eigenvalue weighted by atomic mass is 10.0. The lowest BCUT2D eigenvalue weighted by Crippen LogP contribution is -2.22. The van der Waals surface area contributed by atoms with Gasteiger partial charge in [-0.05, 0) is 13.3 Å². The number of hydrogen-bond acceptors (Lipinski definition) is 3. The highest BCUT2D eigenvalue weighted by Crippen LogP contribution is 2.05. The summed E-state index contributed by atoms with van der Waals surface area (Å²) in [4.78, 5) is 21.4. The van der Waals surface area contributed by atoms with Crippen LogP contribution in [0.3, 0.4) is 0 Å². The molecular formula is C10H18O4. The van der Waals surface area contributed by atoms with Gasteiger partial charge in [0.25, 0.3) is 0 Å². The van der Waals surface area contributed by atoms with Crippen molar-refractivity contribution in [2.45, 2.75) is 33.1 Å². The fourth-order valence-electron chi connectivity index (χ4n) is 1.04. The van der Waals surface area contributed by atoms with Crippen LogP contribution in [0, 0.1) is 5.92 Å². The molecule has 0 heterocycles. The minimum Gasteiger partial charge on any atom is -0.481 e. The SMILES string of the molecule is CCCCOCC(CC(C)=O)C(=O)O. The number of carbonyl (C=O) groups is 2. The van der Waals surface area contributed by atoms with Gasteiger partial charge in [-0.25, -0.2) is 0 Å². The molecule has 0 aromatic heterocycles. The fraction of sp³-hybridized carbons (Fsp3) is 0.800. The molecule has 0 aromatic rings. The number of hydrogen-bond donors (Lipinski definition) is 1. The number of rotatable bonds is 8.